The van der Waals surface area contributed by atoms with E-state index in [-0.39, 0.29) is 17.9 Å². The van der Waals surface area contributed by atoms with Crippen LogP contribution in [0.25, 0.3) is 0 Å². The molecule has 0 saturated carbocycles. The van der Waals surface area contributed by atoms with Gasteiger partial charge in [-0.05, 0) is 45.6 Å². The third-order valence-electron chi connectivity index (χ3n) is 4.52. The third kappa shape index (κ3) is 7.43. The van der Waals surface area contributed by atoms with Crippen molar-refractivity contribution in [2.45, 2.75) is 77.2 Å². The number of aliphatic hydroxyl groups excluding tert-OH is 1. The molecule has 0 aromatic carbocycles. The van der Waals surface area contributed by atoms with E-state index in [1.54, 1.807) is 0 Å². The molecule has 5 atom stereocenters. The molecule has 1 saturated heterocycles. The second-order valence-electron chi connectivity index (χ2n) is 7.64. The van der Waals surface area contributed by atoms with Gasteiger partial charge in [0.1, 0.15) is 12.1 Å². The zero-order valence-corrected chi connectivity index (χ0v) is 16.8. The zero-order valence-electron chi connectivity index (χ0n) is 16.8. The number of hydrogen-bond acceptors (Lipinski definition) is 6. The van der Waals surface area contributed by atoms with E-state index in [0.717, 1.165) is 13.0 Å². The monoisotopic (exact) mass is 400 g/mol. The van der Waals surface area contributed by atoms with Crippen LogP contribution < -0.4 is 21.3 Å². The Hall–Kier alpha value is -2.20. The lowest BCUT2D eigenvalue weighted by Crippen LogP contribution is -2.57. The summed E-state index contributed by atoms with van der Waals surface area (Å²) in [5, 5.41) is 29.0. The maximum absolute atomic E-state index is 12.6. The highest BCUT2D eigenvalue weighted by atomic mass is 16.4. The summed E-state index contributed by atoms with van der Waals surface area (Å²) in [6.07, 6.45) is 0.696. The fourth-order valence-electron chi connectivity index (χ4n) is 2.93. The molecule has 6 N–H and O–H groups in total. The van der Waals surface area contributed by atoms with Crippen LogP contribution in [0.3, 0.4) is 0 Å². The minimum Gasteiger partial charge on any atom is -0.480 e. The molecule has 1 fully saturated rings. The molecular formula is C18H32N4O6. The summed E-state index contributed by atoms with van der Waals surface area (Å²) in [6, 6.07) is -3.65. The van der Waals surface area contributed by atoms with E-state index in [9.17, 15) is 24.3 Å². The molecule has 0 aromatic heterocycles. The van der Waals surface area contributed by atoms with Crippen molar-refractivity contribution in [2.75, 3.05) is 6.54 Å². The lowest BCUT2D eigenvalue weighted by molar-refractivity contribution is -0.145. The first kappa shape index (κ1) is 23.8. The minimum absolute atomic E-state index is 0.128. The van der Waals surface area contributed by atoms with Crippen LogP contribution in [0.1, 0.15) is 47.0 Å². The molecule has 0 aliphatic carbocycles. The molecule has 1 aliphatic rings. The van der Waals surface area contributed by atoms with E-state index >= 15 is 0 Å². The largest absolute Gasteiger partial charge is 0.480 e. The number of carboxylic acid groups (broad SMARTS) is 1. The fraction of sp³-hybridized carbons (Fsp3) is 0.778. The van der Waals surface area contributed by atoms with Gasteiger partial charge in [0.15, 0.2) is 6.04 Å². The quantitative estimate of drug-likeness (QED) is 0.267. The SMILES string of the molecule is CC(C)CC(NC(=O)C1CCCN1)C(=O)NC(C)C(=O)NC(C(=O)O)C(C)O. The molecule has 1 heterocycles. The Morgan fingerprint density at radius 1 is 1.04 bits per heavy atom. The van der Waals surface area contributed by atoms with E-state index in [2.05, 4.69) is 21.3 Å². The predicted molar refractivity (Wildman–Crippen MR) is 101 cm³/mol. The van der Waals surface area contributed by atoms with Gasteiger partial charge in [0.05, 0.1) is 12.1 Å². The summed E-state index contributed by atoms with van der Waals surface area (Å²) < 4.78 is 0. The van der Waals surface area contributed by atoms with Crippen molar-refractivity contribution in [1.82, 2.24) is 21.3 Å². The molecule has 10 heteroatoms. The van der Waals surface area contributed by atoms with Gasteiger partial charge in [-0.2, -0.15) is 0 Å². The fourth-order valence-corrected chi connectivity index (χ4v) is 2.93. The van der Waals surface area contributed by atoms with Gasteiger partial charge in [0.2, 0.25) is 17.7 Å². The van der Waals surface area contributed by atoms with Gasteiger partial charge in [-0.15, -0.1) is 0 Å². The molecule has 1 aliphatic heterocycles. The van der Waals surface area contributed by atoms with Gasteiger partial charge >= 0.3 is 5.97 Å². The maximum atomic E-state index is 12.6. The molecule has 0 spiro atoms. The number of aliphatic hydroxyl groups is 1. The Kier molecular flexibility index (Phi) is 9.33. The summed E-state index contributed by atoms with van der Waals surface area (Å²) in [4.78, 5) is 48.2. The Labute approximate surface area is 164 Å². The van der Waals surface area contributed by atoms with Crippen LogP contribution in [0.15, 0.2) is 0 Å². The number of carboxylic acids is 1. The number of carbonyl (C=O) groups excluding carboxylic acids is 3. The predicted octanol–water partition coefficient (Wildman–Crippen LogP) is -1.28. The van der Waals surface area contributed by atoms with Crippen LogP contribution in [-0.4, -0.2) is 70.7 Å². The third-order valence-corrected chi connectivity index (χ3v) is 4.52. The summed E-state index contributed by atoms with van der Waals surface area (Å²) in [7, 11) is 0. The summed E-state index contributed by atoms with van der Waals surface area (Å²) in [5.41, 5.74) is 0. The van der Waals surface area contributed by atoms with Gasteiger partial charge in [-0.25, -0.2) is 4.79 Å². The smallest absolute Gasteiger partial charge is 0.328 e. The topological polar surface area (TPSA) is 157 Å². The lowest BCUT2D eigenvalue weighted by Gasteiger charge is -2.25. The van der Waals surface area contributed by atoms with E-state index in [4.69, 9.17) is 5.11 Å². The van der Waals surface area contributed by atoms with E-state index in [1.165, 1.54) is 13.8 Å². The van der Waals surface area contributed by atoms with E-state index in [1.807, 2.05) is 13.8 Å². The minimum atomic E-state index is -1.48. The number of carbonyl (C=O) groups is 4. The number of aliphatic carboxylic acids is 1. The molecule has 28 heavy (non-hydrogen) atoms. The Morgan fingerprint density at radius 3 is 2.14 bits per heavy atom. The average molecular weight is 400 g/mol. The van der Waals surface area contributed by atoms with Crippen molar-refractivity contribution in [3.05, 3.63) is 0 Å². The maximum Gasteiger partial charge on any atom is 0.328 e. The Morgan fingerprint density at radius 2 is 1.68 bits per heavy atom. The van der Waals surface area contributed by atoms with Gasteiger partial charge in [-0.3, -0.25) is 14.4 Å². The van der Waals surface area contributed by atoms with Crippen LogP contribution in [0.5, 0.6) is 0 Å². The molecule has 0 bridgehead atoms. The molecule has 1 rings (SSSR count). The molecule has 5 unspecified atom stereocenters. The molecule has 10 nitrogen and oxygen atoms in total. The Balaban J connectivity index is 2.70. The molecular weight excluding hydrogens is 368 g/mol. The zero-order chi connectivity index (χ0) is 21.4. The molecule has 3 amide bonds. The normalized spacial score (nSPS) is 20.7. The number of rotatable bonds is 10. The first-order valence-corrected chi connectivity index (χ1v) is 9.58. The summed E-state index contributed by atoms with van der Waals surface area (Å²) >= 11 is 0. The lowest BCUT2D eigenvalue weighted by atomic mass is 10.0. The first-order chi connectivity index (χ1) is 13.0. The number of hydrogen-bond donors (Lipinski definition) is 6. The van der Waals surface area contributed by atoms with Crippen molar-refractivity contribution in [1.29, 1.82) is 0 Å². The van der Waals surface area contributed by atoms with Crippen LogP contribution in [0.4, 0.5) is 0 Å². The molecule has 160 valence electrons. The highest BCUT2D eigenvalue weighted by Crippen LogP contribution is 2.09. The van der Waals surface area contributed by atoms with Crippen molar-refractivity contribution in [2.24, 2.45) is 5.92 Å². The van der Waals surface area contributed by atoms with E-state index in [0.29, 0.717) is 12.8 Å². The van der Waals surface area contributed by atoms with Crippen molar-refractivity contribution in [3.63, 3.8) is 0 Å². The van der Waals surface area contributed by atoms with Crippen molar-refractivity contribution >= 4 is 23.7 Å². The van der Waals surface area contributed by atoms with Crippen LogP contribution in [0, 0.1) is 5.92 Å². The van der Waals surface area contributed by atoms with Gasteiger partial charge in [-0.1, -0.05) is 13.8 Å². The van der Waals surface area contributed by atoms with E-state index < -0.39 is 42.0 Å². The second kappa shape index (κ2) is 11.0. The number of amides is 3. The molecule has 0 aromatic rings. The highest BCUT2D eigenvalue weighted by Gasteiger charge is 2.31. The summed E-state index contributed by atoms with van der Waals surface area (Å²) in [5.74, 6) is -2.77. The van der Waals surface area contributed by atoms with Crippen molar-refractivity contribution < 1.29 is 29.4 Å². The molecule has 0 radical (unpaired) electrons. The van der Waals surface area contributed by atoms with Gasteiger partial charge < -0.3 is 31.5 Å². The first-order valence-electron chi connectivity index (χ1n) is 9.58. The van der Waals surface area contributed by atoms with Crippen molar-refractivity contribution in [3.8, 4) is 0 Å². The number of nitrogens with one attached hydrogen (secondary N) is 4. The van der Waals surface area contributed by atoms with Crippen LogP contribution in [0.2, 0.25) is 0 Å². The Bertz CT molecular complexity index is 574. The standard InChI is InChI=1S/C18H32N4O6/c1-9(2)8-13(21-16(25)12-6-5-7-19-12)17(26)20-10(3)15(24)22-14(11(4)23)18(27)28/h9-14,19,23H,5-8H2,1-4H3,(H,20,26)(H,21,25)(H,22,24)(H,27,28). The van der Waals surface area contributed by atoms with Crippen LogP contribution >= 0.6 is 0 Å². The van der Waals surface area contributed by atoms with Crippen LogP contribution in [-0.2, 0) is 19.2 Å². The van der Waals surface area contributed by atoms with Gasteiger partial charge in [0, 0.05) is 0 Å². The van der Waals surface area contributed by atoms with Gasteiger partial charge in [0.25, 0.3) is 0 Å². The second-order valence-corrected chi connectivity index (χ2v) is 7.64. The summed E-state index contributed by atoms with van der Waals surface area (Å²) in [6.45, 7) is 7.23. The highest BCUT2D eigenvalue weighted by molar-refractivity contribution is 5.94. The average Bonchev–Trinajstić information content (AvgIpc) is 3.12.